The highest BCUT2D eigenvalue weighted by molar-refractivity contribution is 5.76. The van der Waals surface area contributed by atoms with E-state index in [0.29, 0.717) is 0 Å². The topological polar surface area (TPSA) is 29.9 Å². The van der Waals surface area contributed by atoms with Crippen LogP contribution in [0.2, 0.25) is 0 Å². The molecule has 0 bridgehead atoms. The zero-order valence-electron chi connectivity index (χ0n) is 12.0. The Labute approximate surface area is 109 Å². The van der Waals surface area contributed by atoms with Crippen molar-refractivity contribution < 1.29 is 0 Å². The Kier molecular flexibility index (Phi) is 3.44. The van der Waals surface area contributed by atoms with Crippen LogP contribution in [0, 0.1) is 12.3 Å². The Hall–Kier alpha value is -1.35. The average molecular weight is 245 g/mol. The van der Waals surface area contributed by atoms with Crippen LogP contribution in [0.1, 0.15) is 25.2 Å². The molecule has 0 saturated heterocycles. The molecular formula is C15H23N3. The van der Waals surface area contributed by atoms with E-state index in [2.05, 4.69) is 54.0 Å². The minimum atomic E-state index is 0.270. The molecule has 0 aliphatic rings. The van der Waals surface area contributed by atoms with Gasteiger partial charge in [-0.05, 0) is 43.5 Å². The van der Waals surface area contributed by atoms with E-state index in [4.69, 9.17) is 0 Å². The highest BCUT2D eigenvalue weighted by atomic mass is 15.0. The number of fused-ring (bicyclic) bond motifs is 1. The van der Waals surface area contributed by atoms with Gasteiger partial charge in [-0.3, -0.25) is 0 Å². The monoisotopic (exact) mass is 245 g/mol. The number of nitrogens with one attached hydrogen (secondary N) is 1. The Morgan fingerprint density at radius 3 is 2.72 bits per heavy atom. The third kappa shape index (κ3) is 2.56. The summed E-state index contributed by atoms with van der Waals surface area (Å²) in [5.41, 5.74) is 3.95. The van der Waals surface area contributed by atoms with Crippen LogP contribution in [0.15, 0.2) is 18.2 Å². The lowest BCUT2D eigenvalue weighted by Gasteiger charge is -2.24. The molecule has 1 heterocycles. The summed E-state index contributed by atoms with van der Waals surface area (Å²) in [4.78, 5) is 4.60. The molecule has 0 fully saturated rings. The van der Waals surface area contributed by atoms with Gasteiger partial charge < -0.3 is 9.88 Å². The summed E-state index contributed by atoms with van der Waals surface area (Å²) in [5, 5.41) is 3.26. The third-order valence-corrected chi connectivity index (χ3v) is 3.51. The molecule has 0 saturated carbocycles. The first-order chi connectivity index (χ1) is 8.43. The van der Waals surface area contributed by atoms with Gasteiger partial charge in [0.1, 0.15) is 5.82 Å². The van der Waals surface area contributed by atoms with E-state index in [1.807, 2.05) is 14.0 Å². The number of benzene rings is 1. The number of rotatable bonds is 4. The summed E-state index contributed by atoms with van der Waals surface area (Å²) >= 11 is 0. The first-order valence-corrected chi connectivity index (χ1v) is 6.49. The van der Waals surface area contributed by atoms with Crippen LogP contribution < -0.4 is 5.32 Å². The van der Waals surface area contributed by atoms with Gasteiger partial charge in [0.15, 0.2) is 0 Å². The number of hydrogen-bond donors (Lipinski definition) is 1. The number of aromatic nitrogens is 2. The average Bonchev–Trinajstić information content (AvgIpc) is 2.53. The van der Waals surface area contributed by atoms with E-state index in [-0.39, 0.29) is 5.41 Å². The van der Waals surface area contributed by atoms with Crippen LogP contribution in [-0.2, 0) is 13.5 Å². The van der Waals surface area contributed by atoms with Gasteiger partial charge in [0.25, 0.3) is 0 Å². The highest BCUT2D eigenvalue weighted by Gasteiger charge is 2.18. The lowest BCUT2D eigenvalue weighted by atomic mass is 9.85. The summed E-state index contributed by atoms with van der Waals surface area (Å²) < 4.78 is 2.14. The van der Waals surface area contributed by atoms with Crippen LogP contribution in [0.4, 0.5) is 0 Å². The summed E-state index contributed by atoms with van der Waals surface area (Å²) in [6.07, 6.45) is 1.07. The molecule has 1 aromatic heterocycles. The maximum atomic E-state index is 4.60. The summed E-state index contributed by atoms with van der Waals surface area (Å²) in [5.74, 6) is 1.07. The highest BCUT2D eigenvalue weighted by Crippen LogP contribution is 2.23. The lowest BCUT2D eigenvalue weighted by molar-refractivity contribution is 0.350. The second kappa shape index (κ2) is 4.73. The van der Waals surface area contributed by atoms with Gasteiger partial charge in [-0.25, -0.2) is 4.98 Å². The van der Waals surface area contributed by atoms with Gasteiger partial charge in [-0.1, -0.05) is 19.9 Å². The molecule has 0 aliphatic heterocycles. The zero-order valence-corrected chi connectivity index (χ0v) is 12.0. The van der Waals surface area contributed by atoms with Crippen LogP contribution in [0.5, 0.6) is 0 Å². The molecule has 3 heteroatoms. The first kappa shape index (κ1) is 13.1. The number of aryl methyl sites for hydroxylation is 2. The molecule has 0 amide bonds. The molecule has 0 unspecified atom stereocenters. The Morgan fingerprint density at radius 2 is 2.06 bits per heavy atom. The van der Waals surface area contributed by atoms with Crippen molar-refractivity contribution in [1.82, 2.24) is 14.9 Å². The van der Waals surface area contributed by atoms with Crippen LogP contribution in [0.3, 0.4) is 0 Å². The second-order valence-corrected chi connectivity index (χ2v) is 5.91. The summed E-state index contributed by atoms with van der Waals surface area (Å²) in [7, 11) is 4.07. The molecular weight excluding hydrogens is 222 g/mol. The van der Waals surface area contributed by atoms with Gasteiger partial charge in [0.05, 0.1) is 11.0 Å². The van der Waals surface area contributed by atoms with Gasteiger partial charge >= 0.3 is 0 Å². The molecule has 98 valence electrons. The fraction of sp³-hybridized carbons (Fsp3) is 0.533. The maximum absolute atomic E-state index is 4.60. The van der Waals surface area contributed by atoms with E-state index < -0.39 is 0 Å². The number of nitrogens with zero attached hydrogens (tertiary/aromatic N) is 2. The maximum Gasteiger partial charge on any atom is 0.106 e. The fourth-order valence-electron chi connectivity index (χ4n) is 2.57. The van der Waals surface area contributed by atoms with Gasteiger partial charge in [0.2, 0.25) is 0 Å². The quantitative estimate of drug-likeness (QED) is 0.897. The SMILES string of the molecule is CNCC(C)(C)Cc1ccc2c(c1)nc(C)n2C. The minimum Gasteiger partial charge on any atom is -0.331 e. The van der Waals surface area contributed by atoms with Crippen molar-refractivity contribution in [2.75, 3.05) is 13.6 Å². The molecule has 0 aliphatic carbocycles. The Morgan fingerprint density at radius 1 is 1.33 bits per heavy atom. The van der Waals surface area contributed by atoms with Crippen LogP contribution >= 0.6 is 0 Å². The summed E-state index contributed by atoms with van der Waals surface area (Å²) in [6.45, 7) is 7.64. The van der Waals surface area contributed by atoms with Gasteiger partial charge in [0, 0.05) is 13.6 Å². The molecule has 18 heavy (non-hydrogen) atoms. The van der Waals surface area contributed by atoms with Crippen molar-refractivity contribution in [2.24, 2.45) is 12.5 Å². The third-order valence-electron chi connectivity index (χ3n) is 3.51. The Bertz CT molecular complexity index is 552. The van der Waals surface area contributed by atoms with E-state index in [9.17, 15) is 0 Å². The molecule has 0 spiro atoms. The van der Waals surface area contributed by atoms with E-state index >= 15 is 0 Å². The summed E-state index contributed by atoms with van der Waals surface area (Å²) in [6, 6.07) is 6.63. The van der Waals surface area contributed by atoms with Crippen molar-refractivity contribution in [3.8, 4) is 0 Å². The zero-order chi connectivity index (χ0) is 13.3. The van der Waals surface area contributed by atoms with Crippen molar-refractivity contribution in [1.29, 1.82) is 0 Å². The van der Waals surface area contributed by atoms with E-state index in [0.717, 1.165) is 24.3 Å². The van der Waals surface area contributed by atoms with Crippen molar-refractivity contribution in [2.45, 2.75) is 27.2 Å². The first-order valence-electron chi connectivity index (χ1n) is 6.49. The minimum absolute atomic E-state index is 0.270. The number of hydrogen-bond acceptors (Lipinski definition) is 2. The van der Waals surface area contributed by atoms with Crippen LogP contribution in [0.25, 0.3) is 11.0 Å². The van der Waals surface area contributed by atoms with Crippen LogP contribution in [-0.4, -0.2) is 23.1 Å². The van der Waals surface area contributed by atoms with Crippen molar-refractivity contribution in [3.05, 3.63) is 29.6 Å². The molecule has 2 aromatic rings. The molecule has 0 radical (unpaired) electrons. The van der Waals surface area contributed by atoms with Gasteiger partial charge in [-0.15, -0.1) is 0 Å². The smallest absolute Gasteiger partial charge is 0.106 e. The van der Waals surface area contributed by atoms with E-state index in [1.165, 1.54) is 11.1 Å². The standard InChI is InChI=1S/C15H23N3/c1-11-17-13-8-12(6-7-14(13)18(11)5)9-15(2,3)10-16-4/h6-8,16H,9-10H2,1-5H3. The Balaban J connectivity index is 2.30. The second-order valence-electron chi connectivity index (χ2n) is 5.91. The van der Waals surface area contributed by atoms with Gasteiger partial charge in [-0.2, -0.15) is 0 Å². The molecule has 2 rings (SSSR count). The number of imidazole rings is 1. The molecule has 0 atom stereocenters. The molecule has 1 N–H and O–H groups in total. The molecule has 1 aromatic carbocycles. The fourth-order valence-corrected chi connectivity index (χ4v) is 2.57. The lowest BCUT2D eigenvalue weighted by Crippen LogP contribution is -2.28. The predicted molar refractivity (Wildman–Crippen MR) is 76.9 cm³/mol. The van der Waals surface area contributed by atoms with Crippen molar-refractivity contribution >= 4 is 11.0 Å². The predicted octanol–water partition coefficient (Wildman–Crippen LogP) is 2.67. The normalized spacial score (nSPS) is 12.3. The van der Waals surface area contributed by atoms with Crippen molar-refractivity contribution in [3.63, 3.8) is 0 Å². The van der Waals surface area contributed by atoms with E-state index in [1.54, 1.807) is 0 Å². The largest absolute Gasteiger partial charge is 0.331 e. The molecule has 3 nitrogen and oxygen atoms in total.